The third kappa shape index (κ3) is 2.92. The second-order valence-electron chi connectivity index (χ2n) is 4.16. The smallest absolute Gasteiger partial charge is 0.307 e. The molecule has 0 aromatic carbocycles. The summed E-state index contributed by atoms with van der Waals surface area (Å²) in [5.74, 6) is -0.502. The average molecular weight is 214 g/mol. The van der Waals surface area contributed by atoms with E-state index in [1.807, 2.05) is 0 Å². The number of nitrogens with one attached hydrogen (secondary N) is 1. The van der Waals surface area contributed by atoms with Crippen molar-refractivity contribution in [2.75, 3.05) is 7.11 Å². The quantitative estimate of drug-likeness (QED) is 0.642. The van der Waals surface area contributed by atoms with E-state index in [-0.39, 0.29) is 18.3 Å². The van der Waals surface area contributed by atoms with Crippen LogP contribution >= 0.6 is 0 Å². The van der Waals surface area contributed by atoms with Gasteiger partial charge in [0, 0.05) is 0 Å². The molecule has 1 rings (SSSR count). The fourth-order valence-electron chi connectivity index (χ4n) is 1.67. The number of amides is 1. The molecule has 5 nitrogen and oxygen atoms in total. The molecule has 5 heteroatoms. The van der Waals surface area contributed by atoms with Gasteiger partial charge in [0.1, 0.15) is 0 Å². The third-order valence-corrected chi connectivity index (χ3v) is 2.82. The van der Waals surface area contributed by atoms with E-state index in [2.05, 4.69) is 10.1 Å². The molecule has 1 unspecified atom stereocenters. The number of nitrogens with two attached hydrogens (primary N) is 1. The minimum atomic E-state index is -0.542. The summed E-state index contributed by atoms with van der Waals surface area (Å²) in [6.07, 6.45) is 2.90. The second-order valence-corrected chi connectivity index (χ2v) is 4.16. The summed E-state index contributed by atoms with van der Waals surface area (Å²) in [4.78, 5) is 22.6. The molecule has 0 radical (unpaired) electrons. The molecule has 1 atom stereocenters. The van der Waals surface area contributed by atoms with Gasteiger partial charge in [-0.05, 0) is 26.2 Å². The number of rotatable bonds is 4. The van der Waals surface area contributed by atoms with Crippen molar-refractivity contribution in [2.45, 2.75) is 44.2 Å². The zero-order valence-corrected chi connectivity index (χ0v) is 9.21. The van der Waals surface area contributed by atoms with Crippen LogP contribution in [0.25, 0.3) is 0 Å². The van der Waals surface area contributed by atoms with E-state index in [1.165, 1.54) is 7.11 Å². The lowest BCUT2D eigenvalue weighted by Gasteiger charge is -2.42. The maximum atomic E-state index is 11.4. The molecule has 1 amide bonds. The topological polar surface area (TPSA) is 81.4 Å². The molecule has 1 saturated carbocycles. The average Bonchev–Trinajstić information content (AvgIpc) is 2.13. The van der Waals surface area contributed by atoms with Crippen molar-refractivity contribution in [3.8, 4) is 0 Å². The fourth-order valence-corrected chi connectivity index (χ4v) is 1.67. The molecular weight excluding hydrogens is 196 g/mol. The van der Waals surface area contributed by atoms with Gasteiger partial charge in [-0.15, -0.1) is 0 Å². The van der Waals surface area contributed by atoms with Crippen molar-refractivity contribution in [3.05, 3.63) is 0 Å². The minimum Gasteiger partial charge on any atom is -0.469 e. The highest BCUT2D eigenvalue weighted by atomic mass is 16.5. The molecule has 0 aliphatic heterocycles. The molecule has 0 saturated heterocycles. The summed E-state index contributed by atoms with van der Waals surface area (Å²) >= 11 is 0. The molecule has 0 aromatic rings. The number of hydrogen-bond acceptors (Lipinski definition) is 4. The van der Waals surface area contributed by atoms with Crippen LogP contribution in [0.5, 0.6) is 0 Å². The summed E-state index contributed by atoms with van der Waals surface area (Å²) < 4.78 is 4.60. The second kappa shape index (κ2) is 4.61. The normalized spacial score (nSPS) is 19.9. The van der Waals surface area contributed by atoms with Gasteiger partial charge in [-0.25, -0.2) is 0 Å². The molecule has 86 valence electrons. The van der Waals surface area contributed by atoms with Gasteiger partial charge in [-0.1, -0.05) is 0 Å². The largest absolute Gasteiger partial charge is 0.469 e. The molecule has 1 fully saturated rings. The van der Waals surface area contributed by atoms with Gasteiger partial charge in [0.05, 0.1) is 25.1 Å². The van der Waals surface area contributed by atoms with Crippen LogP contribution in [0.15, 0.2) is 0 Å². The SMILES string of the molecule is COC(=O)CC1(NC(=O)C(C)N)CCC1. The first-order chi connectivity index (χ1) is 6.99. The van der Waals surface area contributed by atoms with Gasteiger partial charge >= 0.3 is 5.97 Å². The van der Waals surface area contributed by atoms with Crippen molar-refractivity contribution >= 4 is 11.9 Å². The molecule has 3 N–H and O–H groups in total. The maximum Gasteiger partial charge on any atom is 0.307 e. The van der Waals surface area contributed by atoms with Crippen LogP contribution in [0, 0.1) is 0 Å². The van der Waals surface area contributed by atoms with E-state index in [9.17, 15) is 9.59 Å². The van der Waals surface area contributed by atoms with Crippen molar-refractivity contribution in [1.82, 2.24) is 5.32 Å². The highest BCUT2D eigenvalue weighted by Gasteiger charge is 2.40. The Morgan fingerprint density at radius 2 is 2.13 bits per heavy atom. The number of ether oxygens (including phenoxy) is 1. The van der Waals surface area contributed by atoms with Crippen molar-refractivity contribution in [3.63, 3.8) is 0 Å². The van der Waals surface area contributed by atoms with Crippen LogP contribution in [0.1, 0.15) is 32.6 Å². The molecular formula is C10H18N2O3. The highest BCUT2D eigenvalue weighted by molar-refractivity contribution is 5.83. The van der Waals surface area contributed by atoms with Crippen LogP contribution < -0.4 is 11.1 Å². The molecule has 15 heavy (non-hydrogen) atoms. The lowest BCUT2D eigenvalue weighted by atomic mass is 9.74. The van der Waals surface area contributed by atoms with E-state index in [0.717, 1.165) is 19.3 Å². The predicted molar refractivity (Wildman–Crippen MR) is 55.0 cm³/mol. The Hall–Kier alpha value is -1.10. The predicted octanol–water partition coefficient (Wildman–Crippen LogP) is -0.0644. The zero-order chi connectivity index (χ0) is 11.5. The Morgan fingerprint density at radius 1 is 1.53 bits per heavy atom. The Labute approximate surface area is 89.3 Å². The molecule has 0 aromatic heterocycles. The number of methoxy groups -OCH3 is 1. The maximum absolute atomic E-state index is 11.4. The zero-order valence-electron chi connectivity index (χ0n) is 9.21. The lowest BCUT2D eigenvalue weighted by Crippen LogP contribution is -2.57. The van der Waals surface area contributed by atoms with E-state index in [1.54, 1.807) is 6.92 Å². The van der Waals surface area contributed by atoms with Crippen molar-refractivity contribution in [1.29, 1.82) is 0 Å². The van der Waals surface area contributed by atoms with Crippen LogP contribution in [0.3, 0.4) is 0 Å². The van der Waals surface area contributed by atoms with Crippen molar-refractivity contribution in [2.24, 2.45) is 5.73 Å². The Balaban J connectivity index is 2.53. The van der Waals surface area contributed by atoms with Gasteiger partial charge in [-0.3, -0.25) is 9.59 Å². The van der Waals surface area contributed by atoms with E-state index in [0.29, 0.717) is 0 Å². The number of hydrogen-bond donors (Lipinski definition) is 2. The first kappa shape index (κ1) is 12.0. The first-order valence-electron chi connectivity index (χ1n) is 5.13. The summed E-state index contributed by atoms with van der Waals surface area (Å²) in [5, 5.41) is 2.83. The lowest BCUT2D eigenvalue weighted by molar-refractivity contribution is -0.144. The van der Waals surface area contributed by atoms with Crippen LogP contribution in [0.4, 0.5) is 0 Å². The van der Waals surface area contributed by atoms with E-state index >= 15 is 0 Å². The van der Waals surface area contributed by atoms with Crippen LogP contribution in [-0.4, -0.2) is 30.6 Å². The van der Waals surface area contributed by atoms with Crippen LogP contribution in [0.2, 0.25) is 0 Å². The standard InChI is InChI=1S/C10H18N2O3/c1-7(11)9(14)12-10(4-3-5-10)6-8(13)15-2/h7H,3-6,11H2,1-2H3,(H,12,14). The van der Waals surface area contributed by atoms with Gasteiger partial charge in [0.25, 0.3) is 0 Å². The minimum absolute atomic E-state index is 0.210. The van der Waals surface area contributed by atoms with Gasteiger partial charge in [0.2, 0.25) is 5.91 Å². The van der Waals surface area contributed by atoms with Gasteiger partial charge in [-0.2, -0.15) is 0 Å². The summed E-state index contributed by atoms with van der Waals surface area (Å²) in [7, 11) is 1.35. The number of carbonyl (C=O) groups excluding carboxylic acids is 2. The van der Waals surface area contributed by atoms with Gasteiger partial charge in [0.15, 0.2) is 0 Å². The van der Waals surface area contributed by atoms with Crippen LogP contribution in [-0.2, 0) is 14.3 Å². The molecule has 0 spiro atoms. The number of carbonyl (C=O) groups is 2. The monoisotopic (exact) mass is 214 g/mol. The Bertz CT molecular complexity index is 259. The first-order valence-corrected chi connectivity index (χ1v) is 5.13. The molecule has 1 aliphatic rings. The van der Waals surface area contributed by atoms with E-state index < -0.39 is 11.6 Å². The molecule has 0 bridgehead atoms. The number of esters is 1. The van der Waals surface area contributed by atoms with E-state index in [4.69, 9.17) is 5.73 Å². The fraction of sp³-hybridized carbons (Fsp3) is 0.800. The summed E-state index contributed by atoms with van der Waals surface area (Å²) in [6.45, 7) is 1.62. The molecule has 1 aliphatic carbocycles. The summed E-state index contributed by atoms with van der Waals surface area (Å²) in [5.41, 5.74) is 5.05. The Morgan fingerprint density at radius 3 is 2.47 bits per heavy atom. The van der Waals surface area contributed by atoms with Gasteiger partial charge < -0.3 is 15.8 Å². The summed E-state index contributed by atoms with van der Waals surface area (Å²) in [6, 6.07) is -0.542. The Kier molecular flexibility index (Phi) is 3.68. The van der Waals surface area contributed by atoms with Crippen molar-refractivity contribution < 1.29 is 14.3 Å². The molecule has 0 heterocycles. The highest BCUT2D eigenvalue weighted by Crippen LogP contribution is 2.35. The third-order valence-electron chi connectivity index (χ3n) is 2.82.